The lowest BCUT2D eigenvalue weighted by Gasteiger charge is -1.69. The molecule has 0 fully saturated rings. The Kier molecular flexibility index (Phi) is 5.23. The highest BCUT2D eigenvalue weighted by molar-refractivity contribution is 5.36. The van der Waals surface area contributed by atoms with E-state index in [1.807, 2.05) is 26.8 Å². The Morgan fingerprint density at radius 3 is 2.60 bits per heavy atom. The van der Waals surface area contributed by atoms with E-state index in [9.17, 15) is 0 Å². The van der Waals surface area contributed by atoms with E-state index in [2.05, 4.69) is 20.6 Å². The van der Waals surface area contributed by atoms with Gasteiger partial charge in [0, 0.05) is 1.43 Å². The molecule has 0 saturated heterocycles. The SMILES string of the molecule is C/C=C/c1nn[nH]n1.CC.[HH]. The van der Waals surface area contributed by atoms with Crippen molar-refractivity contribution >= 4 is 6.08 Å². The van der Waals surface area contributed by atoms with Crippen LogP contribution in [-0.4, -0.2) is 20.6 Å². The average Bonchev–Trinajstić information content (AvgIpc) is 2.46. The molecule has 1 rings (SSSR count). The topological polar surface area (TPSA) is 54.5 Å². The smallest absolute Gasteiger partial charge is 0.177 e. The summed E-state index contributed by atoms with van der Waals surface area (Å²) in [5.74, 6) is 0.618. The zero-order chi connectivity index (χ0) is 7.82. The van der Waals surface area contributed by atoms with Crippen molar-refractivity contribution in [3.8, 4) is 0 Å². The molecule has 10 heavy (non-hydrogen) atoms. The van der Waals surface area contributed by atoms with Gasteiger partial charge in [-0.1, -0.05) is 19.9 Å². The summed E-state index contributed by atoms with van der Waals surface area (Å²) < 4.78 is 0. The number of rotatable bonds is 1. The third-order valence-corrected chi connectivity index (χ3v) is 0.677. The summed E-state index contributed by atoms with van der Waals surface area (Å²) >= 11 is 0. The van der Waals surface area contributed by atoms with Crippen LogP contribution in [-0.2, 0) is 0 Å². The predicted octanol–water partition coefficient (Wildman–Crippen LogP) is 1.50. The van der Waals surface area contributed by atoms with Crippen LogP contribution in [0.5, 0.6) is 0 Å². The van der Waals surface area contributed by atoms with E-state index in [1.54, 1.807) is 6.08 Å². The highest BCUT2D eigenvalue weighted by Gasteiger charge is 1.84. The molecule has 0 radical (unpaired) electrons. The maximum absolute atomic E-state index is 3.67. The van der Waals surface area contributed by atoms with Crippen molar-refractivity contribution in [1.82, 2.24) is 20.6 Å². The Balaban J connectivity index is 0. The van der Waals surface area contributed by atoms with Gasteiger partial charge in [0.1, 0.15) is 0 Å². The molecular weight excluding hydrogens is 128 g/mol. The Labute approximate surface area is 61.8 Å². The van der Waals surface area contributed by atoms with Gasteiger partial charge in [0.2, 0.25) is 0 Å². The minimum Gasteiger partial charge on any atom is -0.177 e. The number of hydrogen-bond acceptors (Lipinski definition) is 3. The first-order valence-corrected chi connectivity index (χ1v) is 3.29. The number of H-pyrrole nitrogens is 1. The molecule has 0 saturated carbocycles. The Bertz CT molecular complexity index is 171. The van der Waals surface area contributed by atoms with Gasteiger partial charge in [0.25, 0.3) is 0 Å². The van der Waals surface area contributed by atoms with Gasteiger partial charge in [0.15, 0.2) is 5.82 Å². The summed E-state index contributed by atoms with van der Waals surface area (Å²) in [7, 11) is 0. The molecule has 4 nitrogen and oxygen atoms in total. The van der Waals surface area contributed by atoms with Gasteiger partial charge in [0.05, 0.1) is 0 Å². The number of allylic oxidation sites excluding steroid dienone is 1. The van der Waals surface area contributed by atoms with Crippen LogP contribution in [0.2, 0.25) is 0 Å². The van der Waals surface area contributed by atoms with Gasteiger partial charge in [-0.2, -0.15) is 5.21 Å². The molecule has 1 heterocycles. The summed E-state index contributed by atoms with van der Waals surface area (Å²) in [4.78, 5) is 0. The molecule has 4 heteroatoms. The monoisotopic (exact) mass is 142 g/mol. The van der Waals surface area contributed by atoms with Gasteiger partial charge in [-0.25, -0.2) is 0 Å². The van der Waals surface area contributed by atoms with Crippen LogP contribution in [0, 0.1) is 0 Å². The molecule has 1 aromatic rings. The van der Waals surface area contributed by atoms with E-state index in [1.165, 1.54) is 0 Å². The summed E-state index contributed by atoms with van der Waals surface area (Å²) in [5.41, 5.74) is 0. The fraction of sp³-hybridized carbons (Fsp3) is 0.500. The molecule has 1 N–H and O–H groups in total. The highest BCUT2D eigenvalue weighted by atomic mass is 15.5. The molecule has 0 bridgehead atoms. The van der Waals surface area contributed by atoms with E-state index < -0.39 is 0 Å². The first kappa shape index (κ1) is 8.81. The van der Waals surface area contributed by atoms with Gasteiger partial charge in [-0.05, 0) is 18.2 Å². The summed E-state index contributed by atoms with van der Waals surface area (Å²) in [6, 6.07) is 0. The minimum absolute atomic E-state index is 0. The van der Waals surface area contributed by atoms with Gasteiger partial charge >= 0.3 is 0 Å². The normalized spacial score (nSPS) is 9.10. The first-order chi connectivity index (χ1) is 4.93. The van der Waals surface area contributed by atoms with Gasteiger partial charge in [-0.15, -0.1) is 10.2 Å². The van der Waals surface area contributed by atoms with Crippen molar-refractivity contribution < 1.29 is 1.43 Å². The Morgan fingerprint density at radius 1 is 1.50 bits per heavy atom. The zero-order valence-electron chi connectivity index (χ0n) is 6.50. The molecule has 0 atom stereocenters. The van der Waals surface area contributed by atoms with Gasteiger partial charge < -0.3 is 0 Å². The number of nitrogens with one attached hydrogen (secondary N) is 1. The third kappa shape index (κ3) is 2.96. The Morgan fingerprint density at radius 2 is 2.20 bits per heavy atom. The molecule has 0 amide bonds. The van der Waals surface area contributed by atoms with E-state index in [-0.39, 0.29) is 1.43 Å². The molecular formula is C6H14N4. The second kappa shape index (κ2) is 5.94. The van der Waals surface area contributed by atoms with Crippen LogP contribution in [0.25, 0.3) is 6.08 Å². The molecule has 58 valence electrons. The van der Waals surface area contributed by atoms with E-state index in [4.69, 9.17) is 0 Å². The number of nitrogens with zero attached hydrogens (tertiary/aromatic N) is 3. The maximum Gasteiger partial charge on any atom is 0.197 e. The van der Waals surface area contributed by atoms with Crippen LogP contribution in [0.15, 0.2) is 6.08 Å². The third-order valence-electron chi connectivity index (χ3n) is 0.677. The standard InChI is InChI=1S/C4H6N4.C2H6.H2/c1-2-3-4-5-7-8-6-4;1-2;/h2-3H,1H3,(H,5,6,7,8);1-2H3;1H/b3-2+;;. The van der Waals surface area contributed by atoms with Crippen LogP contribution < -0.4 is 0 Å². The van der Waals surface area contributed by atoms with Crippen molar-refractivity contribution in [2.75, 3.05) is 0 Å². The van der Waals surface area contributed by atoms with Crippen molar-refractivity contribution in [3.05, 3.63) is 11.9 Å². The molecule has 0 unspecified atom stereocenters. The maximum atomic E-state index is 3.67. The number of aromatic amines is 1. The number of hydrogen-bond donors (Lipinski definition) is 1. The minimum atomic E-state index is 0. The quantitative estimate of drug-likeness (QED) is 0.646. The molecule has 0 spiro atoms. The predicted molar refractivity (Wildman–Crippen MR) is 42.3 cm³/mol. The fourth-order valence-corrected chi connectivity index (χ4v) is 0.389. The van der Waals surface area contributed by atoms with E-state index in [0.717, 1.165) is 0 Å². The summed E-state index contributed by atoms with van der Waals surface area (Å²) in [6.07, 6.45) is 3.62. The highest BCUT2D eigenvalue weighted by Crippen LogP contribution is 1.84. The zero-order valence-corrected chi connectivity index (χ0v) is 6.50. The fourth-order valence-electron chi connectivity index (χ4n) is 0.389. The van der Waals surface area contributed by atoms with Crippen molar-refractivity contribution in [2.24, 2.45) is 0 Å². The van der Waals surface area contributed by atoms with Gasteiger partial charge in [-0.3, -0.25) is 0 Å². The lowest BCUT2D eigenvalue weighted by atomic mass is 10.5. The molecule has 0 aromatic carbocycles. The van der Waals surface area contributed by atoms with Crippen LogP contribution in [0.3, 0.4) is 0 Å². The van der Waals surface area contributed by atoms with Crippen molar-refractivity contribution in [2.45, 2.75) is 20.8 Å². The summed E-state index contributed by atoms with van der Waals surface area (Å²) in [6.45, 7) is 5.90. The lowest BCUT2D eigenvalue weighted by molar-refractivity contribution is 0.881. The average molecular weight is 142 g/mol. The second-order valence-electron chi connectivity index (χ2n) is 1.27. The van der Waals surface area contributed by atoms with Crippen LogP contribution in [0.1, 0.15) is 28.0 Å². The van der Waals surface area contributed by atoms with Crippen LogP contribution >= 0.6 is 0 Å². The Hall–Kier alpha value is -1.19. The molecule has 0 aliphatic rings. The van der Waals surface area contributed by atoms with Crippen molar-refractivity contribution in [1.29, 1.82) is 0 Å². The number of tetrazole rings is 1. The largest absolute Gasteiger partial charge is 0.197 e. The van der Waals surface area contributed by atoms with E-state index in [0.29, 0.717) is 5.82 Å². The molecule has 0 aliphatic heterocycles. The molecule has 1 aromatic heterocycles. The van der Waals surface area contributed by atoms with E-state index >= 15 is 0 Å². The first-order valence-electron chi connectivity index (χ1n) is 3.29. The summed E-state index contributed by atoms with van der Waals surface area (Å²) in [5, 5.41) is 13.0. The number of aromatic nitrogens is 4. The molecule has 0 aliphatic carbocycles. The lowest BCUT2D eigenvalue weighted by Crippen LogP contribution is -1.71. The second-order valence-corrected chi connectivity index (χ2v) is 1.27. The van der Waals surface area contributed by atoms with Crippen molar-refractivity contribution in [3.63, 3.8) is 0 Å². The van der Waals surface area contributed by atoms with Crippen LogP contribution in [0.4, 0.5) is 0 Å².